The highest BCUT2D eigenvalue weighted by atomic mass is 19.1. The number of ether oxygens (including phenoxy) is 2. The molecule has 4 aromatic rings. The number of hydrogen-bond donors (Lipinski definition) is 3. The highest BCUT2D eigenvalue weighted by Crippen LogP contribution is 2.49. The molecule has 9 rings (SSSR count). The molecule has 0 radical (unpaired) electrons. The van der Waals surface area contributed by atoms with Crippen LogP contribution in [0.3, 0.4) is 0 Å². The molecule has 0 aliphatic carbocycles. The number of anilines is 1. The summed E-state index contributed by atoms with van der Waals surface area (Å²) >= 11 is 0. The number of aryl methyl sites for hydroxylation is 1. The first-order valence-electron chi connectivity index (χ1n) is 18.0. The zero-order chi connectivity index (χ0) is 34.3. The van der Waals surface area contributed by atoms with E-state index >= 15 is 8.78 Å². The zero-order valence-corrected chi connectivity index (χ0v) is 28.1. The molecule has 6 heterocycles. The molecular formula is C38H42F3N5O4. The molecule has 50 heavy (non-hydrogen) atoms. The summed E-state index contributed by atoms with van der Waals surface area (Å²) in [4.78, 5) is 13.7. The number of aromatic nitrogens is 2. The molecule has 5 aliphatic rings. The first kappa shape index (κ1) is 32.1. The van der Waals surface area contributed by atoms with Crippen LogP contribution in [0.4, 0.5) is 19.0 Å². The lowest BCUT2D eigenvalue weighted by Crippen LogP contribution is -2.50. The van der Waals surface area contributed by atoms with Crippen molar-refractivity contribution in [3.8, 4) is 28.6 Å². The van der Waals surface area contributed by atoms with Crippen LogP contribution in [0, 0.1) is 29.4 Å². The summed E-state index contributed by atoms with van der Waals surface area (Å²) in [5.41, 5.74) is 0.00747. The van der Waals surface area contributed by atoms with E-state index in [2.05, 4.69) is 15.2 Å². The molecule has 0 saturated carbocycles. The highest BCUT2D eigenvalue weighted by molar-refractivity contribution is 6.05. The van der Waals surface area contributed by atoms with Crippen molar-refractivity contribution < 1.29 is 32.9 Å². The van der Waals surface area contributed by atoms with Gasteiger partial charge in [0.1, 0.15) is 36.5 Å². The van der Waals surface area contributed by atoms with E-state index in [1.807, 2.05) is 30.0 Å². The van der Waals surface area contributed by atoms with Gasteiger partial charge < -0.3 is 29.9 Å². The van der Waals surface area contributed by atoms with Crippen LogP contribution in [-0.4, -0.2) is 95.4 Å². The SMILES string of the molecule is CCc1cccc2cc(O)cc(-c3c(F)c4c5c(nc(OC[C@]67C[C@@H](F)CN6C[C@H](CO)C7)nc5c3F)N3CC5CCC(CNC5)C3CO4)c12. The standard InChI is InChI=1S/C38H42F3N5O4/c1-2-22-4-3-5-23-8-26(48)9-27(29(22)23)30-32(40)34-31-35(33(30)41)49-18-28-24-7-6-20(12-42-13-24)15-46(28)36(31)44-37(43-34)50-19-38-10-21(17-47)14-45(38)16-25(39)11-38/h3-5,8-9,20-21,24-25,28,42,47-48H,2,6-7,10-19H2,1H3/t20?,21-,24?,25-,28?,38+/m1/s1. The van der Waals surface area contributed by atoms with Gasteiger partial charge >= 0.3 is 6.01 Å². The Morgan fingerprint density at radius 2 is 1.94 bits per heavy atom. The topological polar surface area (TPSA) is 103 Å². The normalized spacial score (nSPS) is 29.1. The van der Waals surface area contributed by atoms with Gasteiger partial charge in [0.25, 0.3) is 0 Å². The number of halogens is 3. The van der Waals surface area contributed by atoms with Crippen LogP contribution >= 0.6 is 0 Å². The monoisotopic (exact) mass is 689 g/mol. The van der Waals surface area contributed by atoms with Crippen LogP contribution in [0.5, 0.6) is 17.5 Å². The van der Waals surface area contributed by atoms with Crippen molar-refractivity contribution >= 4 is 27.5 Å². The fraction of sp³-hybridized carbons (Fsp3) is 0.526. The fourth-order valence-electron chi connectivity index (χ4n) is 9.74. The Balaban J connectivity index is 1.25. The van der Waals surface area contributed by atoms with E-state index in [0.717, 1.165) is 31.5 Å². The number of nitrogens with zero attached hydrogens (tertiary/aromatic N) is 4. The summed E-state index contributed by atoms with van der Waals surface area (Å²) in [5.74, 6) is -1.09. The van der Waals surface area contributed by atoms with Gasteiger partial charge in [0, 0.05) is 39.2 Å². The van der Waals surface area contributed by atoms with Gasteiger partial charge in [-0.05, 0) is 84.0 Å². The summed E-state index contributed by atoms with van der Waals surface area (Å²) in [6.45, 7) is 5.33. The van der Waals surface area contributed by atoms with Crippen LogP contribution in [0.1, 0.15) is 38.2 Å². The quantitative estimate of drug-likeness (QED) is 0.247. The van der Waals surface area contributed by atoms with E-state index in [9.17, 15) is 14.6 Å². The van der Waals surface area contributed by atoms with Crippen LogP contribution in [0.25, 0.3) is 32.8 Å². The van der Waals surface area contributed by atoms with Crippen LogP contribution in [-0.2, 0) is 6.42 Å². The van der Waals surface area contributed by atoms with Gasteiger partial charge in [-0.25, -0.2) is 13.2 Å². The number of phenolic OH excluding ortho intramolecular Hbond substituents is 1. The minimum atomic E-state index is -1.01. The lowest BCUT2D eigenvalue weighted by atomic mass is 9.91. The van der Waals surface area contributed by atoms with Gasteiger partial charge in [0.2, 0.25) is 0 Å². The molecular weight excluding hydrogens is 647 g/mol. The number of rotatable bonds is 6. The summed E-state index contributed by atoms with van der Waals surface area (Å²) < 4.78 is 62.0. The first-order chi connectivity index (χ1) is 24.3. The maximum absolute atomic E-state index is 17.3. The second-order valence-electron chi connectivity index (χ2n) is 15.1. The molecule has 1 aromatic heterocycles. The minimum Gasteiger partial charge on any atom is -0.508 e. The number of nitrogens with one attached hydrogen (secondary N) is 1. The Morgan fingerprint density at radius 1 is 1.06 bits per heavy atom. The molecule has 9 nitrogen and oxygen atoms in total. The van der Waals surface area contributed by atoms with E-state index in [1.54, 1.807) is 6.07 Å². The lowest BCUT2D eigenvalue weighted by Gasteiger charge is -2.37. The summed E-state index contributed by atoms with van der Waals surface area (Å²) in [6, 6.07) is 8.38. The average Bonchev–Trinajstić information content (AvgIpc) is 3.31. The minimum absolute atomic E-state index is 0.00512. The molecule has 2 bridgehead atoms. The van der Waals surface area contributed by atoms with Gasteiger partial charge in [0.05, 0.1) is 22.5 Å². The maximum Gasteiger partial charge on any atom is 0.319 e. The number of phenols is 1. The van der Waals surface area contributed by atoms with E-state index in [4.69, 9.17) is 14.5 Å². The molecule has 4 fully saturated rings. The fourth-order valence-corrected chi connectivity index (χ4v) is 9.74. The number of hydrogen-bond acceptors (Lipinski definition) is 9. The first-order valence-corrected chi connectivity index (χ1v) is 18.0. The average molecular weight is 690 g/mol. The summed E-state index contributed by atoms with van der Waals surface area (Å²) in [7, 11) is 0. The predicted octanol–water partition coefficient (Wildman–Crippen LogP) is 5.37. The van der Waals surface area contributed by atoms with Crippen LogP contribution in [0.2, 0.25) is 0 Å². The number of aliphatic hydroxyl groups excluding tert-OH is 1. The molecule has 12 heteroatoms. The Hall–Kier alpha value is -3.87. The van der Waals surface area contributed by atoms with Crippen LogP contribution < -0.4 is 19.7 Å². The van der Waals surface area contributed by atoms with Crippen molar-refractivity contribution in [2.24, 2.45) is 17.8 Å². The second-order valence-corrected chi connectivity index (χ2v) is 15.1. The van der Waals surface area contributed by atoms with E-state index in [-0.39, 0.29) is 90.2 Å². The lowest BCUT2D eigenvalue weighted by molar-refractivity contribution is 0.107. The van der Waals surface area contributed by atoms with Crippen molar-refractivity contribution in [3.05, 3.63) is 47.5 Å². The third-order valence-corrected chi connectivity index (χ3v) is 12.1. The van der Waals surface area contributed by atoms with Crippen molar-refractivity contribution in [1.82, 2.24) is 20.2 Å². The molecule has 264 valence electrons. The molecule has 5 aliphatic heterocycles. The molecule has 0 amide bonds. The number of aromatic hydroxyl groups is 1. The van der Waals surface area contributed by atoms with Gasteiger partial charge in [-0.1, -0.05) is 25.1 Å². The number of alkyl halides is 1. The van der Waals surface area contributed by atoms with Gasteiger partial charge in [-0.3, -0.25) is 4.90 Å². The molecule has 3 N–H and O–H groups in total. The van der Waals surface area contributed by atoms with E-state index in [1.165, 1.54) is 6.07 Å². The third-order valence-electron chi connectivity index (χ3n) is 12.1. The van der Waals surface area contributed by atoms with E-state index < -0.39 is 23.3 Å². The zero-order valence-electron chi connectivity index (χ0n) is 28.1. The molecule has 6 atom stereocenters. The molecule has 0 spiro atoms. The molecule has 4 saturated heterocycles. The largest absolute Gasteiger partial charge is 0.508 e. The van der Waals surface area contributed by atoms with Crippen molar-refractivity contribution in [3.63, 3.8) is 0 Å². The summed E-state index contributed by atoms with van der Waals surface area (Å²) in [6.07, 6.45) is 2.43. The van der Waals surface area contributed by atoms with Crippen molar-refractivity contribution in [1.29, 1.82) is 0 Å². The molecule has 3 aromatic carbocycles. The van der Waals surface area contributed by atoms with Gasteiger partial charge in [-0.15, -0.1) is 0 Å². The maximum atomic E-state index is 17.3. The number of fused-ring (bicyclic) bond motifs is 8. The molecule has 3 unspecified atom stereocenters. The third kappa shape index (κ3) is 5.00. The smallest absolute Gasteiger partial charge is 0.319 e. The highest BCUT2D eigenvalue weighted by Gasteiger charge is 2.53. The Labute approximate surface area is 288 Å². The Bertz CT molecular complexity index is 2000. The van der Waals surface area contributed by atoms with Gasteiger partial charge in [0.15, 0.2) is 17.4 Å². The van der Waals surface area contributed by atoms with Crippen molar-refractivity contribution in [2.75, 3.05) is 57.4 Å². The van der Waals surface area contributed by atoms with Gasteiger partial charge in [-0.2, -0.15) is 9.97 Å². The van der Waals surface area contributed by atoms with E-state index in [0.29, 0.717) is 48.4 Å². The predicted molar refractivity (Wildman–Crippen MR) is 184 cm³/mol. The summed E-state index contributed by atoms with van der Waals surface area (Å²) in [5, 5.41) is 25.8. The Morgan fingerprint density at radius 3 is 2.78 bits per heavy atom. The number of benzene rings is 3. The second kappa shape index (κ2) is 12.1. The van der Waals surface area contributed by atoms with Crippen molar-refractivity contribution in [2.45, 2.75) is 56.8 Å². The van der Waals surface area contributed by atoms with Crippen LogP contribution in [0.15, 0.2) is 30.3 Å². The Kier molecular flexibility index (Phi) is 7.78. The number of aliphatic hydroxyl groups is 1.